The number of nitrogens with zero attached hydrogens (tertiary/aromatic N) is 3. The summed E-state index contributed by atoms with van der Waals surface area (Å²) in [4.78, 5) is 20.8. The quantitative estimate of drug-likeness (QED) is 0.862. The van der Waals surface area contributed by atoms with Crippen molar-refractivity contribution >= 4 is 17.5 Å². The summed E-state index contributed by atoms with van der Waals surface area (Å²) in [6.07, 6.45) is 2.70. The van der Waals surface area contributed by atoms with Crippen molar-refractivity contribution < 1.29 is 9.53 Å². The van der Waals surface area contributed by atoms with Gasteiger partial charge in [-0.15, -0.1) is 0 Å². The molecule has 2 amide bonds. The van der Waals surface area contributed by atoms with Crippen LogP contribution in [0.2, 0.25) is 0 Å². The molecule has 120 valence electrons. The summed E-state index contributed by atoms with van der Waals surface area (Å²) in [5.74, 6) is 0.923. The Morgan fingerprint density at radius 2 is 2.14 bits per heavy atom. The Bertz CT molecular complexity index is 501. The molecule has 0 aliphatic carbocycles. The van der Waals surface area contributed by atoms with Crippen molar-refractivity contribution in [3.05, 3.63) is 18.3 Å². The van der Waals surface area contributed by atoms with Gasteiger partial charge in [0.05, 0.1) is 25.1 Å². The summed E-state index contributed by atoms with van der Waals surface area (Å²) in [5, 5.41) is 5.83. The van der Waals surface area contributed by atoms with Gasteiger partial charge in [0, 0.05) is 25.7 Å². The monoisotopic (exact) mass is 305 g/mol. The number of nitrogens with one attached hydrogen (secondary N) is 2. The van der Waals surface area contributed by atoms with Gasteiger partial charge in [-0.3, -0.25) is 0 Å². The number of morpholine rings is 1. The summed E-state index contributed by atoms with van der Waals surface area (Å²) in [6, 6.07) is 3.88. The number of anilines is 2. The number of ether oxygens (including phenoxy) is 1. The molecule has 1 aromatic heterocycles. The first-order valence-electron chi connectivity index (χ1n) is 7.75. The van der Waals surface area contributed by atoms with Gasteiger partial charge in [-0.1, -0.05) is 0 Å². The first kappa shape index (κ1) is 15.1. The standard InChI is InChI=1S/C15H23N5O2/c1-19-5-4-13(11-19)18-15(21)17-12-2-3-14(16-10-12)20-6-8-22-9-7-20/h2-3,10,13H,4-9,11H2,1H3,(H2,17,18,21)/t13-/m1/s1. The summed E-state index contributed by atoms with van der Waals surface area (Å²) >= 11 is 0. The predicted molar refractivity (Wildman–Crippen MR) is 85.3 cm³/mol. The number of pyridine rings is 1. The maximum Gasteiger partial charge on any atom is 0.319 e. The van der Waals surface area contributed by atoms with E-state index in [0.717, 1.165) is 51.6 Å². The molecule has 7 heteroatoms. The van der Waals surface area contributed by atoms with E-state index in [1.165, 1.54) is 0 Å². The van der Waals surface area contributed by atoms with Gasteiger partial charge < -0.3 is 25.2 Å². The Hall–Kier alpha value is -1.86. The molecule has 0 bridgehead atoms. The molecule has 2 fully saturated rings. The minimum Gasteiger partial charge on any atom is -0.378 e. The Morgan fingerprint density at radius 3 is 2.77 bits per heavy atom. The van der Waals surface area contributed by atoms with Crippen molar-refractivity contribution in [2.45, 2.75) is 12.5 Å². The molecule has 0 aromatic carbocycles. The van der Waals surface area contributed by atoms with Gasteiger partial charge in [0.2, 0.25) is 0 Å². The van der Waals surface area contributed by atoms with Gasteiger partial charge in [0.15, 0.2) is 0 Å². The van der Waals surface area contributed by atoms with Crippen molar-refractivity contribution in [1.82, 2.24) is 15.2 Å². The highest BCUT2D eigenvalue weighted by atomic mass is 16.5. The van der Waals surface area contributed by atoms with Gasteiger partial charge in [0.1, 0.15) is 5.82 Å². The van der Waals surface area contributed by atoms with Gasteiger partial charge >= 0.3 is 6.03 Å². The highest BCUT2D eigenvalue weighted by Crippen LogP contribution is 2.15. The molecule has 1 aromatic rings. The molecule has 1 atom stereocenters. The van der Waals surface area contributed by atoms with E-state index in [1.54, 1.807) is 6.20 Å². The van der Waals surface area contributed by atoms with Crippen molar-refractivity contribution in [2.24, 2.45) is 0 Å². The molecule has 0 spiro atoms. The van der Waals surface area contributed by atoms with Gasteiger partial charge in [-0.05, 0) is 32.1 Å². The van der Waals surface area contributed by atoms with Gasteiger partial charge in [-0.25, -0.2) is 9.78 Å². The number of amides is 2. The van der Waals surface area contributed by atoms with Crippen LogP contribution in [0.25, 0.3) is 0 Å². The van der Waals surface area contributed by atoms with Crippen molar-refractivity contribution in [1.29, 1.82) is 0 Å². The lowest BCUT2D eigenvalue weighted by atomic mass is 10.3. The third-order valence-electron chi connectivity index (χ3n) is 4.07. The van der Waals surface area contributed by atoms with Crippen LogP contribution in [0.15, 0.2) is 18.3 Å². The average Bonchev–Trinajstić information content (AvgIpc) is 2.94. The first-order valence-corrected chi connectivity index (χ1v) is 7.75. The number of aromatic nitrogens is 1. The van der Waals surface area contributed by atoms with Crippen LogP contribution in [-0.2, 0) is 4.74 Å². The SMILES string of the molecule is CN1CC[C@@H](NC(=O)Nc2ccc(N3CCOCC3)nc2)C1. The fourth-order valence-electron chi connectivity index (χ4n) is 2.84. The van der Waals surface area contributed by atoms with Crippen LogP contribution in [0.4, 0.5) is 16.3 Å². The smallest absolute Gasteiger partial charge is 0.319 e. The number of hydrogen-bond donors (Lipinski definition) is 2. The zero-order valence-electron chi connectivity index (χ0n) is 12.9. The minimum absolute atomic E-state index is 0.166. The number of carbonyl (C=O) groups is 1. The van der Waals surface area contributed by atoms with E-state index >= 15 is 0 Å². The maximum absolute atomic E-state index is 12.0. The fourth-order valence-corrected chi connectivity index (χ4v) is 2.84. The first-order chi connectivity index (χ1) is 10.7. The highest BCUT2D eigenvalue weighted by molar-refractivity contribution is 5.89. The lowest BCUT2D eigenvalue weighted by Gasteiger charge is -2.27. The summed E-state index contributed by atoms with van der Waals surface area (Å²) < 4.78 is 5.33. The predicted octanol–water partition coefficient (Wildman–Crippen LogP) is 0.744. The highest BCUT2D eigenvalue weighted by Gasteiger charge is 2.21. The van der Waals surface area contributed by atoms with E-state index in [1.807, 2.05) is 12.1 Å². The molecule has 3 heterocycles. The van der Waals surface area contributed by atoms with E-state index in [2.05, 4.69) is 32.5 Å². The van der Waals surface area contributed by atoms with E-state index in [4.69, 9.17) is 4.74 Å². The zero-order chi connectivity index (χ0) is 15.4. The van der Waals surface area contributed by atoms with E-state index < -0.39 is 0 Å². The van der Waals surface area contributed by atoms with Gasteiger partial charge in [0.25, 0.3) is 0 Å². The molecule has 2 aliphatic rings. The van der Waals surface area contributed by atoms with E-state index in [-0.39, 0.29) is 12.1 Å². The molecule has 0 unspecified atom stereocenters. The second-order valence-corrected chi connectivity index (χ2v) is 5.85. The molecule has 22 heavy (non-hydrogen) atoms. The molecule has 2 N–H and O–H groups in total. The zero-order valence-corrected chi connectivity index (χ0v) is 12.9. The number of hydrogen-bond acceptors (Lipinski definition) is 5. The minimum atomic E-state index is -0.166. The van der Waals surface area contributed by atoms with Crippen LogP contribution >= 0.6 is 0 Å². The topological polar surface area (TPSA) is 69.7 Å². The maximum atomic E-state index is 12.0. The molecule has 0 saturated carbocycles. The van der Waals surface area contributed by atoms with Crippen molar-refractivity contribution in [3.63, 3.8) is 0 Å². The number of urea groups is 1. The Labute approximate surface area is 130 Å². The Kier molecular flexibility index (Phi) is 4.74. The largest absolute Gasteiger partial charge is 0.378 e. The van der Waals surface area contributed by atoms with Crippen LogP contribution in [-0.4, -0.2) is 68.4 Å². The normalized spacial score (nSPS) is 22.6. The van der Waals surface area contributed by atoms with E-state index in [9.17, 15) is 4.79 Å². The molecule has 7 nitrogen and oxygen atoms in total. The molecule has 2 saturated heterocycles. The fraction of sp³-hybridized carbons (Fsp3) is 0.600. The van der Waals surface area contributed by atoms with Crippen molar-refractivity contribution in [3.8, 4) is 0 Å². The summed E-state index contributed by atoms with van der Waals surface area (Å²) in [5.41, 5.74) is 0.709. The summed E-state index contributed by atoms with van der Waals surface area (Å²) in [6.45, 7) is 5.12. The van der Waals surface area contributed by atoms with Crippen LogP contribution < -0.4 is 15.5 Å². The molecule has 2 aliphatic heterocycles. The van der Waals surface area contributed by atoms with Gasteiger partial charge in [-0.2, -0.15) is 0 Å². The third-order valence-corrected chi connectivity index (χ3v) is 4.07. The Balaban J connectivity index is 1.51. The number of likely N-dealkylation sites (N-methyl/N-ethyl adjacent to an activating group) is 1. The second-order valence-electron chi connectivity index (χ2n) is 5.85. The Morgan fingerprint density at radius 1 is 1.32 bits per heavy atom. The molecular weight excluding hydrogens is 282 g/mol. The third kappa shape index (κ3) is 3.86. The van der Waals surface area contributed by atoms with Crippen molar-refractivity contribution in [2.75, 3.05) is 56.7 Å². The average molecular weight is 305 g/mol. The van der Waals surface area contributed by atoms with Crippen LogP contribution in [0.3, 0.4) is 0 Å². The number of carbonyl (C=O) groups excluding carboxylic acids is 1. The summed E-state index contributed by atoms with van der Waals surface area (Å²) in [7, 11) is 2.06. The van der Waals surface area contributed by atoms with Crippen LogP contribution in [0.1, 0.15) is 6.42 Å². The van der Waals surface area contributed by atoms with Crippen LogP contribution in [0.5, 0.6) is 0 Å². The lowest BCUT2D eigenvalue weighted by molar-refractivity contribution is 0.122. The molecule has 3 rings (SSSR count). The molecular formula is C15H23N5O2. The second kappa shape index (κ2) is 6.93. The number of rotatable bonds is 3. The molecule has 0 radical (unpaired) electrons. The lowest BCUT2D eigenvalue weighted by Crippen LogP contribution is -2.39. The van der Waals surface area contributed by atoms with E-state index in [0.29, 0.717) is 5.69 Å². The van der Waals surface area contributed by atoms with Crippen LogP contribution in [0, 0.1) is 0 Å². The number of likely N-dealkylation sites (tertiary alicyclic amines) is 1.